The Morgan fingerprint density at radius 2 is 2.00 bits per heavy atom. The molecule has 1 rings (SSSR count). The predicted molar refractivity (Wildman–Crippen MR) is 76.0 cm³/mol. The van der Waals surface area contributed by atoms with Gasteiger partial charge in [0, 0.05) is 18.2 Å². The quantitative estimate of drug-likeness (QED) is 0.908. The summed E-state index contributed by atoms with van der Waals surface area (Å²) in [7, 11) is 1.56. The van der Waals surface area contributed by atoms with E-state index in [-0.39, 0.29) is 23.9 Å². The average Bonchev–Trinajstić information content (AvgIpc) is 2.35. The van der Waals surface area contributed by atoms with Crippen LogP contribution in [0.25, 0.3) is 0 Å². The Hall–Kier alpha value is -2.35. The van der Waals surface area contributed by atoms with Crippen molar-refractivity contribution in [1.82, 2.24) is 10.2 Å². The van der Waals surface area contributed by atoms with E-state index >= 15 is 0 Å². The van der Waals surface area contributed by atoms with Crippen LogP contribution in [-0.4, -0.2) is 35.8 Å². The fourth-order valence-electron chi connectivity index (χ4n) is 1.69. The fourth-order valence-corrected chi connectivity index (χ4v) is 1.69. The smallest absolute Gasteiger partial charge is 0.254 e. The van der Waals surface area contributed by atoms with Crippen molar-refractivity contribution in [3.63, 3.8) is 0 Å². The summed E-state index contributed by atoms with van der Waals surface area (Å²) in [5, 5.41) is 11.6. The summed E-state index contributed by atoms with van der Waals surface area (Å²) < 4.78 is 0. The van der Waals surface area contributed by atoms with Crippen molar-refractivity contribution in [1.29, 1.82) is 5.26 Å². The van der Waals surface area contributed by atoms with Crippen molar-refractivity contribution in [2.75, 3.05) is 13.6 Å². The highest BCUT2D eigenvalue weighted by Crippen LogP contribution is 2.07. The number of amides is 2. The third-order valence-corrected chi connectivity index (χ3v) is 2.48. The lowest BCUT2D eigenvalue weighted by Gasteiger charge is -2.23. The van der Waals surface area contributed by atoms with Crippen LogP contribution in [0.4, 0.5) is 0 Å². The van der Waals surface area contributed by atoms with Crippen molar-refractivity contribution in [3.05, 3.63) is 35.4 Å². The topological polar surface area (TPSA) is 73.2 Å². The van der Waals surface area contributed by atoms with Gasteiger partial charge in [0.2, 0.25) is 5.91 Å². The van der Waals surface area contributed by atoms with Gasteiger partial charge in [0.1, 0.15) is 0 Å². The molecule has 1 N–H and O–H groups in total. The molecule has 1 aromatic rings. The Labute approximate surface area is 119 Å². The van der Waals surface area contributed by atoms with E-state index in [0.29, 0.717) is 11.1 Å². The highest BCUT2D eigenvalue weighted by atomic mass is 16.2. The second-order valence-corrected chi connectivity index (χ2v) is 5.65. The summed E-state index contributed by atoms with van der Waals surface area (Å²) >= 11 is 0. The van der Waals surface area contributed by atoms with Crippen molar-refractivity contribution in [2.45, 2.75) is 26.3 Å². The molecule has 0 saturated carbocycles. The molecule has 0 heterocycles. The second-order valence-electron chi connectivity index (χ2n) is 5.65. The maximum atomic E-state index is 12.2. The van der Waals surface area contributed by atoms with Gasteiger partial charge in [-0.15, -0.1) is 0 Å². The van der Waals surface area contributed by atoms with Crippen LogP contribution in [-0.2, 0) is 4.79 Å². The van der Waals surface area contributed by atoms with Gasteiger partial charge < -0.3 is 10.2 Å². The van der Waals surface area contributed by atoms with E-state index in [1.54, 1.807) is 25.2 Å². The first kappa shape index (κ1) is 15.7. The normalized spacial score (nSPS) is 10.6. The van der Waals surface area contributed by atoms with Crippen molar-refractivity contribution in [3.8, 4) is 6.07 Å². The number of nitrogens with zero attached hydrogens (tertiary/aromatic N) is 2. The molecule has 0 atom stereocenters. The van der Waals surface area contributed by atoms with Gasteiger partial charge in [0.05, 0.1) is 18.2 Å². The number of carbonyl (C=O) groups excluding carboxylic acids is 2. The Morgan fingerprint density at radius 3 is 2.55 bits per heavy atom. The number of nitriles is 1. The number of hydrogen-bond donors (Lipinski definition) is 1. The van der Waals surface area contributed by atoms with Gasteiger partial charge in [-0.05, 0) is 39.0 Å². The minimum atomic E-state index is -0.332. The number of rotatable bonds is 3. The lowest BCUT2D eigenvalue weighted by Crippen LogP contribution is -2.46. The third-order valence-electron chi connectivity index (χ3n) is 2.48. The second kappa shape index (κ2) is 6.20. The van der Waals surface area contributed by atoms with E-state index in [0.717, 1.165) is 0 Å². The van der Waals surface area contributed by atoms with Gasteiger partial charge >= 0.3 is 0 Å². The minimum Gasteiger partial charge on any atom is -0.350 e. The number of carbonyl (C=O) groups is 2. The van der Waals surface area contributed by atoms with Crippen LogP contribution in [0.1, 0.15) is 36.7 Å². The Bertz CT molecular complexity index is 553. The summed E-state index contributed by atoms with van der Waals surface area (Å²) in [6.45, 7) is 5.61. The SMILES string of the molecule is CN(CC(=O)NC(C)(C)C)C(=O)c1cccc(C#N)c1. The maximum Gasteiger partial charge on any atom is 0.254 e. The zero-order valence-corrected chi connectivity index (χ0v) is 12.2. The molecule has 0 spiro atoms. The number of hydrogen-bond acceptors (Lipinski definition) is 3. The maximum absolute atomic E-state index is 12.2. The summed E-state index contributed by atoms with van der Waals surface area (Å²) in [5.74, 6) is -0.504. The van der Waals surface area contributed by atoms with Crippen LogP contribution in [0.15, 0.2) is 24.3 Å². The molecule has 106 valence electrons. The standard InChI is InChI=1S/C15H19N3O2/c1-15(2,3)17-13(19)10-18(4)14(20)12-7-5-6-11(8-12)9-16/h5-8H,10H2,1-4H3,(H,17,19). The van der Waals surface area contributed by atoms with E-state index in [1.807, 2.05) is 26.8 Å². The molecule has 0 unspecified atom stereocenters. The first-order valence-electron chi connectivity index (χ1n) is 6.29. The van der Waals surface area contributed by atoms with E-state index in [1.165, 1.54) is 11.0 Å². The van der Waals surface area contributed by atoms with Crippen molar-refractivity contribution >= 4 is 11.8 Å². The molecule has 0 aliphatic carbocycles. The van der Waals surface area contributed by atoms with E-state index in [9.17, 15) is 9.59 Å². The van der Waals surface area contributed by atoms with Crippen molar-refractivity contribution in [2.24, 2.45) is 0 Å². The molecule has 0 fully saturated rings. The Balaban J connectivity index is 2.72. The van der Waals surface area contributed by atoms with Crippen molar-refractivity contribution < 1.29 is 9.59 Å². The number of likely N-dealkylation sites (N-methyl/N-ethyl adjacent to an activating group) is 1. The molecule has 5 heteroatoms. The highest BCUT2D eigenvalue weighted by Gasteiger charge is 2.18. The van der Waals surface area contributed by atoms with Crippen LogP contribution in [0.5, 0.6) is 0 Å². The molecule has 0 bridgehead atoms. The van der Waals surface area contributed by atoms with Crippen LogP contribution in [0.3, 0.4) is 0 Å². The molecule has 0 aliphatic heterocycles. The molecule has 0 aliphatic rings. The molecule has 1 aromatic carbocycles. The van der Waals surface area contributed by atoms with Crippen LogP contribution >= 0.6 is 0 Å². The van der Waals surface area contributed by atoms with Gasteiger partial charge in [-0.2, -0.15) is 5.26 Å². The van der Waals surface area contributed by atoms with Crippen LogP contribution < -0.4 is 5.32 Å². The van der Waals surface area contributed by atoms with Gasteiger partial charge in [0.25, 0.3) is 5.91 Å². The van der Waals surface area contributed by atoms with E-state index in [2.05, 4.69) is 5.32 Å². The molecule has 5 nitrogen and oxygen atoms in total. The van der Waals surface area contributed by atoms with Gasteiger partial charge in [-0.25, -0.2) is 0 Å². The zero-order chi connectivity index (χ0) is 15.3. The summed E-state index contributed by atoms with van der Waals surface area (Å²) in [5.41, 5.74) is 0.486. The number of benzene rings is 1. The van der Waals surface area contributed by atoms with E-state index in [4.69, 9.17) is 5.26 Å². The Morgan fingerprint density at radius 1 is 1.35 bits per heavy atom. The van der Waals surface area contributed by atoms with Gasteiger partial charge in [-0.1, -0.05) is 6.07 Å². The molecule has 20 heavy (non-hydrogen) atoms. The lowest BCUT2D eigenvalue weighted by molar-refractivity contribution is -0.122. The molecule has 0 saturated heterocycles. The first-order valence-corrected chi connectivity index (χ1v) is 6.29. The highest BCUT2D eigenvalue weighted by molar-refractivity contribution is 5.96. The monoisotopic (exact) mass is 273 g/mol. The summed E-state index contributed by atoms with van der Waals surface area (Å²) in [6.07, 6.45) is 0. The fraction of sp³-hybridized carbons (Fsp3) is 0.400. The molecule has 0 aromatic heterocycles. The largest absolute Gasteiger partial charge is 0.350 e. The van der Waals surface area contributed by atoms with Crippen LogP contribution in [0.2, 0.25) is 0 Å². The summed E-state index contributed by atoms with van der Waals surface area (Å²) in [6, 6.07) is 8.40. The first-order chi connectivity index (χ1) is 9.23. The molecule has 0 radical (unpaired) electrons. The number of nitrogens with one attached hydrogen (secondary N) is 1. The molecular weight excluding hydrogens is 254 g/mol. The Kier molecular flexibility index (Phi) is 4.87. The summed E-state index contributed by atoms with van der Waals surface area (Å²) in [4.78, 5) is 25.3. The minimum absolute atomic E-state index is 0.0209. The van der Waals surface area contributed by atoms with Gasteiger partial charge in [0.15, 0.2) is 0 Å². The predicted octanol–water partition coefficient (Wildman–Crippen LogP) is 1.54. The van der Waals surface area contributed by atoms with E-state index < -0.39 is 0 Å². The molecule has 2 amide bonds. The van der Waals surface area contributed by atoms with Gasteiger partial charge in [-0.3, -0.25) is 9.59 Å². The third kappa shape index (κ3) is 4.73. The lowest BCUT2D eigenvalue weighted by atomic mass is 10.1. The average molecular weight is 273 g/mol. The van der Waals surface area contributed by atoms with Crippen LogP contribution in [0, 0.1) is 11.3 Å². The zero-order valence-electron chi connectivity index (χ0n) is 12.2. The molecular formula is C15H19N3O2.